The first-order valence-corrected chi connectivity index (χ1v) is 9.20. The number of carbonyl (C=O) groups is 3. The van der Waals surface area contributed by atoms with Gasteiger partial charge in [0.15, 0.2) is 0 Å². The van der Waals surface area contributed by atoms with Gasteiger partial charge in [-0.25, -0.2) is 0 Å². The van der Waals surface area contributed by atoms with Crippen molar-refractivity contribution in [1.82, 2.24) is 15.0 Å². The van der Waals surface area contributed by atoms with E-state index in [0.29, 0.717) is 34.3 Å². The van der Waals surface area contributed by atoms with E-state index in [1.165, 1.54) is 19.2 Å². The fraction of sp³-hybridized carbons (Fsp3) is 0.190. The fourth-order valence-corrected chi connectivity index (χ4v) is 3.18. The van der Waals surface area contributed by atoms with Gasteiger partial charge in [-0.3, -0.25) is 19.3 Å². The van der Waals surface area contributed by atoms with E-state index in [4.69, 9.17) is 9.26 Å². The van der Waals surface area contributed by atoms with Gasteiger partial charge < -0.3 is 14.6 Å². The molecular weight excluding hydrogens is 388 g/mol. The molecule has 0 fully saturated rings. The number of carbonyl (C=O) groups excluding carboxylic acids is 3. The van der Waals surface area contributed by atoms with Crippen LogP contribution in [-0.2, 0) is 11.2 Å². The molecule has 0 unspecified atom stereocenters. The first-order valence-electron chi connectivity index (χ1n) is 9.20. The predicted octanol–water partition coefficient (Wildman–Crippen LogP) is 2.54. The third-order valence-electron chi connectivity index (χ3n) is 4.76. The van der Waals surface area contributed by atoms with Crippen molar-refractivity contribution in [1.29, 1.82) is 0 Å². The van der Waals surface area contributed by atoms with Gasteiger partial charge in [-0.15, -0.1) is 0 Å². The molecule has 0 saturated heterocycles. The van der Waals surface area contributed by atoms with Crippen LogP contribution in [0.2, 0.25) is 0 Å². The zero-order chi connectivity index (χ0) is 21.3. The molecule has 2 aromatic carbocycles. The Kier molecular flexibility index (Phi) is 5.01. The molecule has 0 radical (unpaired) electrons. The number of benzene rings is 2. The average molecular weight is 406 g/mol. The van der Waals surface area contributed by atoms with Crippen LogP contribution < -0.4 is 10.1 Å². The van der Waals surface area contributed by atoms with Gasteiger partial charge >= 0.3 is 0 Å². The Morgan fingerprint density at radius 3 is 2.67 bits per heavy atom. The Balaban J connectivity index is 1.39. The molecule has 2 heterocycles. The van der Waals surface area contributed by atoms with Crippen LogP contribution in [0.25, 0.3) is 11.4 Å². The summed E-state index contributed by atoms with van der Waals surface area (Å²) < 4.78 is 10.5. The average Bonchev–Trinajstić information content (AvgIpc) is 3.32. The Morgan fingerprint density at radius 1 is 1.10 bits per heavy atom. The molecule has 1 aliphatic heterocycles. The summed E-state index contributed by atoms with van der Waals surface area (Å²) in [7, 11) is 2.98. The molecule has 0 spiro atoms. The zero-order valence-corrected chi connectivity index (χ0v) is 16.3. The summed E-state index contributed by atoms with van der Waals surface area (Å²) in [6.45, 7) is 0. The van der Waals surface area contributed by atoms with Crippen LogP contribution >= 0.6 is 0 Å². The summed E-state index contributed by atoms with van der Waals surface area (Å²) >= 11 is 0. The second-order valence-electron chi connectivity index (χ2n) is 6.69. The number of ether oxygens (including phenoxy) is 1. The van der Waals surface area contributed by atoms with Crippen LogP contribution in [0.5, 0.6) is 5.75 Å². The highest BCUT2D eigenvalue weighted by Crippen LogP contribution is 2.27. The third-order valence-corrected chi connectivity index (χ3v) is 4.76. The van der Waals surface area contributed by atoms with E-state index >= 15 is 0 Å². The van der Waals surface area contributed by atoms with Crippen molar-refractivity contribution in [2.75, 3.05) is 19.5 Å². The Morgan fingerprint density at radius 2 is 1.87 bits per heavy atom. The standard InChI is InChI=1S/C21H18N4O5/c1-25-20(27)13-8-7-12(11-15(13)21(25)28)22-17(26)9-10-18-23-19(24-30-18)14-5-3-4-6-16(14)29-2/h3-8,11H,9-10H2,1-2H3,(H,22,26). The maximum atomic E-state index is 12.3. The van der Waals surface area contributed by atoms with Crippen LogP contribution in [0.4, 0.5) is 5.69 Å². The van der Waals surface area contributed by atoms with E-state index in [0.717, 1.165) is 4.90 Å². The lowest BCUT2D eigenvalue weighted by Gasteiger charge is -2.05. The lowest BCUT2D eigenvalue weighted by Crippen LogP contribution is -2.24. The van der Waals surface area contributed by atoms with Gasteiger partial charge in [-0.2, -0.15) is 4.98 Å². The highest BCUT2D eigenvalue weighted by Gasteiger charge is 2.32. The number of amides is 3. The number of fused-ring (bicyclic) bond motifs is 1. The number of aromatic nitrogens is 2. The number of nitrogens with zero attached hydrogens (tertiary/aromatic N) is 3. The van der Waals surface area contributed by atoms with Gasteiger partial charge in [0.2, 0.25) is 17.6 Å². The van der Waals surface area contributed by atoms with E-state index in [9.17, 15) is 14.4 Å². The van der Waals surface area contributed by atoms with E-state index in [1.807, 2.05) is 18.2 Å². The SMILES string of the molecule is COc1ccccc1-c1noc(CCC(=O)Nc2ccc3c(c2)C(=O)N(C)C3=O)n1. The molecule has 3 aromatic rings. The minimum absolute atomic E-state index is 0.109. The quantitative estimate of drug-likeness (QED) is 0.626. The topological polar surface area (TPSA) is 115 Å². The minimum Gasteiger partial charge on any atom is -0.496 e. The monoisotopic (exact) mass is 406 g/mol. The fourth-order valence-electron chi connectivity index (χ4n) is 3.18. The van der Waals surface area contributed by atoms with E-state index in [1.54, 1.807) is 19.2 Å². The van der Waals surface area contributed by atoms with Gasteiger partial charge in [0.05, 0.1) is 23.8 Å². The molecule has 152 valence electrons. The number of hydrogen-bond donors (Lipinski definition) is 1. The Bertz CT molecular complexity index is 1150. The van der Waals surface area contributed by atoms with Crippen LogP contribution in [0.1, 0.15) is 33.0 Å². The van der Waals surface area contributed by atoms with Gasteiger partial charge in [-0.05, 0) is 30.3 Å². The largest absolute Gasteiger partial charge is 0.496 e. The number of nitrogens with one attached hydrogen (secondary N) is 1. The molecule has 30 heavy (non-hydrogen) atoms. The molecule has 0 saturated carbocycles. The summed E-state index contributed by atoms with van der Waals surface area (Å²) in [5.41, 5.74) is 1.74. The van der Waals surface area contributed by atoms with Crippen molar-refractivity contribution < 1.29 is 23.6 Å². The molecule has 9 nitrogen and oxygen atoms in total. The number of anilines is 1. The normalized spacial score (nSPS) is 12.8. The molecule has 9 heteroatoms. The van der Waals surface area contributed by atoms with Crippen LogP contribution in [-0.4, -0.2) is 46.9 Å². The van der Waals surface area contributed by atoms with E-state index < -0.39 is 0 Å². The smallest absolute Gasteiger partial charge is 0.261 e. The minimum atomic E-state index is -0.388. The second kappa shape index (κ2) is 7.78. The Labute approximate surface area is 171 Å². The lowest BCUT2D eigenvalue weighted by atomic mass is 10.1. The number of imide groups is 1. The van der Waals surface area contributed by atoms with Crippen LogP contribution in [0, 0.1) is 0 Å². The summed E-state index contributed by atoms with van der Waals surface area (Å²) in [4.78, 5) is 41.7. The highest BCUT2D eigenvalue weighted by atomic mass is 16.5. The predicted molar refractivity (Wildman–Crippen MR) is 106 cm³/mol. The summed E-state index contributed by atoms with van der Waals surface area (Å²) in [6.07, 6.45) is 0.358. The summed E-state index contributed by atoms with van der Waals surface area (Å²) in [6, 6.07) is 11.9. The maximum absolute atomic E-state index is 12.3. The molecule has 1 N–H and O–H groups in total. The number of methoxy groups -OCH3 is 1. The molecule has 4 rings (SSSR count). The number of rotatable bonds is 6. The van der Waals surface area contributed by atoms with Crippen molar-refractivity contribution in [3.8, 4) is 17.1 Å². The van der Waals surface area contributed by atoms with Gasteiger partial charge in [0.1, 0.15) is 5.75 Å². The first kappa shape index (κ1) is 19.3. The molecule has 1 aromatic heterocycles. The van der Waals surface area contributed by atoms with Crippen LogP contribution in [0.3, 0.4) is 0 Å². The van der Waals surface area contributed by atoms with Crippen molar-refractivity contribution in [3.05, 3.63) is 59.5 Å². The van der Waals surface area contributed by atoms with Crippen molar-refractivity contribution >= 4 is 23.4 Å². The van der Waals surface area contributed by atoms with Crippen LogP contribution in [0.15, 0.2) is 47.0 Å². The Hall–Kier alpha value is -4.01. The molecule has 3 amide bonds. The van der Waals surface area contributed by atoms with Crippen molar-refractivity contribution in [2.24, 2.45) is 0 Å². The molecular formula is C21H18N4O5. The number of para-hydroxylation sites is 1. The van der Waals surface area contributed by atoms with Gasteiger partial charge in [0.25, 0.3) is 11.8 Å². The number of aryl methyl sites for hydroxylation is 1. The maximum Gasteiger partial charge on any atom is 0.261 e. The number of hydrogen-bond acceptors (Lipinski definition) is 7. The highest BCUT2D eigenvalue weighted by molar-refractivity contribution is 6.21. The van der Waals surface area contributed by atoms with E-state index in [2.05, 4.69) is 15.5 Å². The van der Waals surface area contributed by atoms with Crippen molar-refractivity contribution in [2.45, 2.75) is 12.8 Å². The van der Waals surface area contributed by atoms with Gasteiger partial charge in [0, 0.05) is 25.6 Å². The zero-order valence-electron chi connectivity index (χ0n) is 16.3. The first-order chi connectivity index (χ1) is 14.5. The van der Waals surface area contributed by atoms with Crippen molar-refractivity contribution in [3.63, 3.8) is 0 Å². The molecule has 1 aliphatic rings. The molecule has 0 atom stereocenters. The third kappa shape index (κ3) is 3.52. The second-order valence-corrected chi connectivity index (χ2v) is 6.69. The summed E-state index contributed by atoms with van der Waals surface area (Å²) in [5.74, 6) is 0.308. The molecule has 0 bridgehead atoms. The lowest BCUT2D eigenvalue weighted by molar-refractivity contribution is -0.116. The van der Waals surface area contributed by atoms with Gasteiger partial charge in [-0.1, -0.05) is 17.3 Å². The summed E-state index contributed by atoms with van der Waals surface area (Å²) in [5, 5.41) is 6.66. The molecule has 0 aliphatic carbocycles. The van der Waals surface area contributed by atoms with E-state index in [-0.39, 0.29) is 36.1 Å².